The average Bonchev–Trinajstić information content (AvgIpc) is 2.98. The fourth-order valence-corrected chi connectivity index (χ4v) is 1.40. The molecule has 1 N–H and O–H groups in total. The first kappa shape index (κ1) is 11.5. The molecule has 0 aromatic rings. The second-order valence-electron chi connectivity index (χ2n) is 3.02. The van der Waals surface area contributed by atoms with E-state index in [1.807, 2.05) is 0 Å². The number of nitrogens with one attached hydrogen (secondary N) is 1. The third-order valence-electron chi connectivity index (χ3n) is 1.87. The van der Waals surface area contributed by atoms with Crippen molar-refractivity contribution in [2.75, 3.05) is 20.8 Å². The molecule has 0 bridgehead atoms. The highest BCUT2D eigenvalue weighted by Crippen LogP contribution is 2.47. The monoisotopic (exact) mass is 223 g/mol. The lowest BCUT2D eigenvalue weighted by atomic mass is 10.4. The molecule has 1 rings (SSSR count). The van der Waals surface area contributed by atoms with Crippen molar-refractivity contribution >= 4 is 13.9 Å². The summed E-state index contributed by atoms with van der Waals surface area (Å²) in [5.74, 6) is 0.534. The molecule has 1 aliphatic carbocycles. The molecule has 6 nitrogen and oxygen atoms in total. The van der Waals surface area contributed by atoms with Crippen molar-refractivity contribution in [3.8, 4) is 0 Å². The summed E-state index contributed by atoms with van der Waals surface area (Å²) in [6.45, 7) is 0.548. The molecule has 0 aromatic heterocycles. The van der Waals surface area contributed by atoms with E-state index in [9.17, 15) is 9.36 Å². The van der Waals surface area contributed by atoms with E-state index in [2.05, 4.69) is 18.9 Å². The van der Waals surface area contributed by atoms with Crippen LogP contribution in [0.3, 0.4) is 0 Å². The van der Waals surface area contributed by atoms with Crippen LogP contribution in [0.4, 0.5) is 4.79 Å². The van der Waals surface area contributed by atoms with Crippen LogP contribution >= 0.6 is 7.82 Å². The van der Waals surface area contributed by atoms with Crippen molar-refractivity contribution in [1.29, 1.82) is 0 Å². The van der Waals surface area contributed by atoms with Gasteiger partial charge in [-0.3, -0.25) is 9.05 Å². The summed E-state index contributed by atoms with van der Waals surface area (Å²) < 4.78 is 24.6. The van der Waals surface area contributed by atoms with Gasteiger partial charge in [0.15, 0.2) is 0 Å². The maximum Gasteiger partial charge on any atom is 0.532 e. The molecule has 14 heavy (non-hydrogen) atoms. The zero-order valence-electron chi connectivity index (χ0n) is 8.19. The second-order valence-corrected chi connectivity index (χ2v) is 4.82. The summed E-state index contributed by atoms with van der Waals surface area (Å²) in [5, 5.41) is 2.48. The van der Waals surface area contributed by atoms with Crippen LogP contribution in [0.15, 0.2) is 0 Å². The molecule has 0 heterocycles. The van der Waals surface area contributed by atoms with Crippen LogP contribution in [0.5, 0.6) is 0 Å². The lowest BCUT2D eigenvalue weighted by Gasteiger charge is -2.12. The molecular weight excluding hydrogens is 209 g/mol. The number of hydrogen-bond donors (Lipinski definition) is 1. The lowest BCUT2D eigenvalue weighted by Crippen LogP contribution is -2.25. The molecule has 0 unspecified atom stereocenters. The van der Waals surface area contributed by atoms with Gasteiger partial charge in [-0.2, -0.15) is 0 Å². The summed E-state index contributed by atoms with van der Waals surface area (Å²) in [6, 6.07) is 0. The van der Waals surface area contributed by atoms with Crippen molar-refractivity contribution in [3.05, 3.63) is 0 Å². The van der Waals surface area contributed by atoms with Crippen LogP contribution in [-0.2, 0) is 18.1 Å². The van der Waals surface area contributed by atoms with Crippen molar-refractivity contribution in [2.45, 2.75) is 12.8 Å². The van der Waals surface area contributed by atoms with E-state index < -0.39 is 13.9 Å². The first-order valence-corrected chi connectivity index (χ1v) is 5.74. The maximum absolute atomic E-state index is 11.3. The van der Waals surface area contributed by atoms with E-state index in [0.717, 1.165) is 27.1 Å². The normalized spacial score (nSPS) is 16.4. The van der Waals surface area contributed by atoms with Crippen LogP contribution in [0.1, 0.15) is 12.8 Å². The van der Waals surface area contributed by atoms with Crippen LogP contribution in [0.25, 0.3) is 0 Å². The van der Waals surface area contributed by atoms with Gasteiger partial charge in [0.05, 0.1) is 0 Å². The van der Waals surface area contributed by atoms with Crippen molar-refractivity contribution in [1.82, 2.24) is 5.32 Å². The Morgan fingerprint density at radius 1 is 1.43 bits per heavy atom. The van der Waals surface area contributed by atoms with Gasteiger partial charge in [0.2, 0.25) is 0 Å². The van der Waals surface area contributed by atoms with E-state index in [1.54, 1.807) is 0 Å². The van der Waals surface area contributed by atoms with Gasteiger partial charge in [-0.15, -0.1) is 0 Å². The second kappa shape index (κ2) is 4.77. The zero-order chi connectivity index (χ0) is 10.6. The van der Waals surface area contributed by atoms with E-state index in [4.69, 9.17) is 0 Å². The molecule has 0 aromatic carbocycles. The van der Waals surface area contributed by atoms with E-state index in [1.165, 1.54) is 0 Å². The highest BCUT2D eigenvalue weighted by Gasteiger charge is 2.29. The minimum atomic E-state index is -3.69. The van der Waals surface area contributed by atoms with Crippen molar-refractivity contribution in [3.63, 3.8) is 0 Å². The van der Waals surface area contributed by atoms with Crippen LogP contribution in [0.2, 0.25) is 0 Å². The standard InChI is InChI=1S/C7H14NO5P/c1-11-14(10,12-2)13-7(9)8-5-6-3-4-6/h6H,3-5H2,1-2H3,(H,8,9). The van der Waals surface area contributed by atoms with Crippen LogP contribution in [0, 0.1) is 5.92 Å². The van der Waals surface area contributed by atoms with Crippen molar-refractivity contribution in [2.24, 2.45) is 5.92 Å². The molecule has 1 saturated carbocycles. The highest BCUT2D eigenvalue weighted by atomic mass is 31.2. The first-order chi connectivity index (χ1) is 6.59. The van der Waals surface area contributed by atoms with Gasteiger partial charge in [-0.25, -0.2) is 9.36 Å². The smallest absolute Gasteiger partial charge is 0.354 e. The molecule has 0 radical (unpaired) electrons. The average molecular weight is 223 g/mol. The fraction of sp³-hybridized carbons (Fsp3) is 0.857. The van der Waals surface area contributed by atoms with Crippen molar-refractivity contribution < 1.29 is 22.9 Å². The quantitative estimate of drug-likeness (QED) is 0.715. The van der Waals surface area contributed by atoms with Crippen LogP contribution < -0.4 is 5.32 Å². The lowest BCUT2D eigenvalue weighted by molar-refractivity contribution is 0.154. The van der Waals surface area contributed by atoms with Gasteiger partial charge in [-0.05, 0) is 18.8 Å². The molecule has 0 saturated heterocycles. The number of carbonyl (C=O) groups is 1. The molecule has 82 valence electrons. The fourth-order valence-electron chi connectivity index (χ4n) is 0.833. The first-order valence-electron chi connectivity index (χ1n) is 4.28. The molecule has 0 aliphatic heterocycles. The largest absolute Gasteiger partial charge is 0.532 e. The third-order valence-corrected chi connectivity index (χ3v) is 3.16. The molecular formula is C7H14NO5P. The van der Waals surface area contributed by atoms with Gasteiger partial charge >= 0.3 is 13.9 Å². The molecule has 1 amide bonds. The Balaban J connectivity index is 2.26. The maximum atomic E-state index is 11.3. The van der Waals surface area contributed by atoms with Gasteiger partial charge in [0.25, 0.3) is 0 Å². The Kier molecular flexibility index (Phi) is 3.92. The Labute approximate surface area is 82.5 Å². The Morgan fingerprint density at radius 2 is 2.00 bits per heavy atom. The third kappa shape index (κ3) is 3.65. The van der Waals surface area contributed by atoms with E-state index in [-0.39, 0.29) is 0 Å². The Bertz CT molecular complexity index is 244. The summed E-state index contributed by atoms with van der Waals surface area (Å²) in [5.41, 5.74) is 0. The van der Waals surface area contributed by atoms with E-state index in [0.29, 0.717) is 12.5 Å². The molecule has 1 fully saturated rings. The minimum absolute atomic E-state index is 0.534. The molecule has 7 heteroatoms. The van der Waals surface area contributed by atoms with Gasteiger partial charge in [0.1, 0.15) is 0 Å². The zero-order valence-corrected chi connectivity index (χ0v) is 9.08. The summed E-state index contributed by atoms with van der Waals surface area (Å²) in [6.07, 6.45) is 1.46. The molecule has 1 aliphatic rings. The minimum Gasteiger partial charge on any atom is -0.354 e. The topological polar surface area (TPSA) is 73.9 Å². The van der Waals surface area contributed by atoms with Gasteiger partial charge in [-0.1, -0.05) is 0 Å². The highest BCUT2D eigenvalue weighted by molar-refractivity contribution is 7.49. The number of rotatable bonds is 5. The van der Waals surface area contributed by atoms with Gasteiger partial charge < -0.3 is 9.84 Å². The summed E-state index contributed by atoms with van der Waals surface area (Å²) in [4.78, 5) is 11.0. The number of amides is 1. The number of phosphoric ester groups is 1. The Morgan fingerprint density at radius 3 is 2.43 bits per heavy atom. The van der Waals surface area contributed by atoms with E-state index >= 15 is 0 Å². The SMILES string of the molecule is COP(=O)(OC)OC(=O)NCC1CC1. The number of carbonyl (C=O) groups excluding carboxylic acids is 1. The number of phosphoric acid groups is 1. The van der Waals surface area contributed by atoms with Gasteiger partial charge in [0, 0.05) is 20.8 Å². The Hall–Kier alpha value is -0.580. The number of hydrogen-bond acceptors (Lipinski definition) is 5. The summed E-state index contributed by atoms with van der Waals surface area (Å²) >= 11 is 0. The van der Waals surface area contributed by atoms with Crippen LogP contribution in [-0.4, -0.2) is 26.9 Å². The molecule has 0 spiro atoms. The predicted octanol–water partition coefficient (Wildman–Crippen LogP) is 1.52. The summed E-state index contributed by atoms with van der Waals surface area (Å²) in [7, 11) is -1.39. The predicted molar refractivity (Wildman–Crippen MR) is 48.8 cm³/mol. The molecule has 0 atom stereocenters.